The Bertz CT molecular complexity index is 462. The number of rotatable bonds is 6. The van der Waals surface area contributed by atoms with Crippen LogP contribution in [0.4, 0.5) is 0 Å². The summed E-state index contributed by atoms with van der Waals surface area (Å²) in [7, 11) is 1.54. The second kappa shape index (κ2) is 7.78. The third-order valence-corrected chi connectivity index (χ3v) is 2.91. The molecular formula is C13H16BrNO4. The molecule has 0 atom stereocenters. The van der Waals surface area contributed by atoms with E-state index in [1.54, 1.807) is 18.2 Å². The number of carbonyl (C=O) groups is 2. The number of methoxy groups -OCH3 is 1. The first-order valence-electron chi connectivity index (χ1n) is 5.85. The van der Waals surface area contributed by atoms with Crippen molar-refractivity contribution in [3.63, 3.8) is 0 Å². The van der Waals surface area contributed by atoms with Crippen molar-refractivity contribution >= 4 is 27.8 Å². The maximum Gasteiger partial charge on any atom is 0.338 e. The van der Waals surface area contributed by atoms with Gasteiger partial charge in [0.2, 0.25) is 0 Å². The molecule has 0 saturated carbocycles. The second-order valence-corrected chi connectivity index (χ2v) is 4.63. The van der Waals surface area contributed by atoms with Gasteiger partial charge in [0.1, 0.15) is 5.75 Å². The molecule has 0 fully saturated rings. The van der Waals surface area contributed by atoms with Gasteiger partial charge in [0.15, 0.2) is 6.61 Å². The highest BCUT2D eigenvalue weighted by Gasteiger charge is 2.11. The molecule has 0 spiro atoms. The molecule has 0 saturated heterocycles. The van der Waals surface area contributed by atoms with Crippen LogP contribution in [0.15, 0.2) is 22.7 Å². The first-order chi connectivity index (χ1) is 9.08. The van der Waals surface area contributed by atoms with Crippen molar-refractivity contribution in [3.8, 4) is 5.75 Å². The standard InChI is InChI=1S/C13H16BrNO4/c1-3-6-15-12(16)8-19-13(17)9-4-5-11(18-2)10(14)7-9/h4-5,7H,3,6,8H2,1-2H3,(H,15,16). The van der Waals surface area contributed by atoms with Crippen molar-refractivity contribution in [1.82, 2.24) is 5.32 Å². The van der Waals surface area contributed by atoms with E-state index in [1.165, 1.54) is 7.11 Å². The number of hydrogen-bond acceptors (Lipinski definition) is 4. The quantitative estimate of drug-likeness (QED) is 0.812. The molecule has 1 aromatic rings. The lowest BCUT2D eigenvalue weighted by atomic mass is 10.2. The molecule has 6 heteroatoms. The SMILES string of the molecule is CCCNC(=O)COC(=O)c1ccc(OC)c(Br)c1. The van der Waals surface area contributed by atoms with Crippen LogP contribution in [-0.2, 0) is 9.53 Å². The number of ether oxygens (including phenoxy) is 2. The summed E-state index contributed by atoms with van der Waals surface area (Å²) < 4.78 is 10.6. The third-order valence-electron chi connectivity index (χ3n) is 2.29. The maximum atomic E-state index is 11.7. The normalized spacial score (nSPS) is 9.84. The van der Waals surface area contributed by atoms with Crippen molar-refractivity contribution in [2.24, 2.45) is 0 Å². The van der Waals surface area contributed by atoms with Gasteiger partial charge in [0.25, 0.3) is 5.91 Å². The van der Waals surface area contributed by atoms with Gasteiger partial charge in [-0.3, -0.25) is 4.79 Å². The van der Waals surface area contributed by atoms with Crippen molar-refractivity contribution in [3.05, 3.63) is 28.2 Å². The molecule has 0 aliphatic heterocycles. The maximum absolute atomic E-state index is 11.7. The molecule has 1 amide bonds. The summed E-state index contributed by atoms with van der Waals surface area (Å²) in [6.07, 6.45) is 0.838. The Labute approximate surface area is 120 Å². The smallest absolute Gasteiger partial charge is 0.338 e. The van der Waals surface area contributed by atoms with E-state index in [0.29, 0.717) is 22.3 Å². The zero-order valence-corrected chi connectivity index (χ0v) is 12.5. The second-order valence-electron chi connectivity index (χ2n) is 3.78. The van der Waals surface area contributed by atoms with Crippen LogP contribution in [-0.4, -0.2) is 32.1 Å². The first kappa shape index (κ1) is 15.5. The minimum Gasteiger partial charge on any atom is -0.496 e. The summed E-state index contributed by atoms with van der Waals surface area (Å²) in [5.41, 5.74) is 0.357. The van der Waals surface area contributed by atoms with Crippen LogP contribution in [0.5, 0.6) is 5.75 Å². The minimum absolute atomic E-state index is 0.275. The number of benzene rings is 1. The largest absolute Gasteiger partial charge is 0.496 e. The Morgan fingerprint density at radius 3 is 2.68 bits per heavy atom. The molecule has 0 bridgehead atoms. The third kappa shape index (κ3) is 4.90. The highest BCUT2D eigenvalue weighted by molar-refractivity contribution is 9.10. The highest BCUT2D eigenvalue weighted by Crippen LogP contribution is 2.25. The van der Waals surface area contributed by atoms with E-state index >= 15 is 0 Å². The fourth-order valence-corrected chi connectivity index (χ4v) is 1.86. The lowest BCUT2D eigenvalue weighted by Gasteiger charge is -2.07. The Hall–Kier alpha value is -1.56. The Morgan fingerprint density at radius 1 is 1.37 bits per heavy atom. The zero-order chi connectivity index (χ0) is 14.3. The Kier molecular flexibility index (Phi) is 6.35. The molecule has 1 rings (SSSR count). The number of esters is 1. The van der Waals surface area contributed by atoms with Crippen LogP contribution in [0.1, 0.15) is 23.7 Å². The summed E-state index contributed by atoms with van der Waals surface area (Å²) in [5, 5.41) is 2.62. The van der Waals surface area contributed by atoms with Gasteiger partial charge < -0.3 is 14.8 Å². The van der Waals surface area contributed by atoms with Crippen LogP contribution in [0, 0.1) is 0 Å². The lowest BCUT2D eigenvalue weighted by molar-refractivity contribution is -0.124. The molecular weight excluding hydrogens is 314 g/mol. The van der Waals surface area contributed by atoms with Crippen LogP contribution in [0.2, 0.25) is 0 Å². The van der Waals surface area contributed by atoms with Gasteiger partial charge in [-0.25, -0.2) is 4.79 Å². The summed E-state index contributed by atoms with van der Waals surface area (Å²) in [6.45, 7) is 2.24. The summed E-state index contributed by atoms with van der Waals surface area (Å²) >= 11 is 3.28. The lowest BCUT2D eigenvalue weighted by Crippen LogP contribution is -2.29. The molecule has 0 unspecified atom stereocenters. The average molecular weight is 330 g/mol. The van der Waals surface area contributed by atoms with E-state index in [9.17, 15) is 9.59 Å². The van der Waals surface area contributed by atoms with Gasteiger partial charge >= 0.3 is 5.97 Å². The summed E-state index contributed by atoms with van der Waals surface area (Å²) in [6, 6.07) is 4.82. The van der Waals surface area contributed by atoms with Gasteiger partial charge in [-0.05, 0) is 40.5 Å². The molecule has 0 heterocycles. The van der Waals surface area contributed by atoms with Crippen LogP contribution in [0.3, 0.4) is 0 Å². The molecule has 0 radical (unpaired) electrons. The van der Waals surface area contributed by atoms with Crippen molar-refractivity contribution in [1.29, 1.82) is 0 Å². The molecule has 0 aromatic heterocycles. The summed E-state index contributed by atoms with van der Waals surface area (Å²) in [4.78, 5) is 23.0. The average Bonchev–Trinajstić information content (AvgIpc) is 2.42. The van der Waals surface area contributed by atoms with Gasteiger partial charge in [-0.1, -0.05) is 6.92 Å². The molecule has 0 aliphatic carbocycles. The van der Waals surface area contributed by atoms with Crippen molar-refractivity contribution < 1.29 is 19.1 Å². The minimum atomic E-state index is -0.546. The van der Waals surface area contributed by atoms with Gasteiger partial charge in [-0.2, -0.15) is 0 Å². The number of carbonyl (C=O) groups excluding carboxylic acids is 2. The van der Waals surface area contributed by atoms with Crippen LogP contribution >= 0.6 is 15.9 Å². The van der Waals surface area contributed by atoms with E-state index < -0.39 is 5.97 Å². The molecule has 19 heavy (non-hydrogen) atoms. The number of hydrogen-bond donors (Lipinski definition) is 1. The van der Waals surface area contributed by atoms with E-state index in [0.717, 1.165) is 6.42 Å². The summed E-state index contributed by atoms with van der Waals surface area (Å²) in [5.74, 6) is -0.227. The first-order valence-corrected chi connectivity index (χ1v) is 6.65. The predicted molar refractivity (Wildman–Crippen MR) is 74.3 cm³/mol. The van der Waals surface area contributed by atoms with E-state index in [4.69, 9.17) is 9.47 Å². The number of halogens is 1. The molecule has 0 aliphatic rings. The molecule has 5 nitrogen and oxygen atoms in total. The molecule has 1 N–H and O–H groups in total. The fourth-order valence-electron chi connectivity index (χ4n) is 1.32. The van der Waals surface area contributed by atoms with E-state index in [2.05, 4.69) is 21.2 Å². The van der Waals surface area contributed by atoms with Crippen LogP contribution in [0.25, 0.3) is 0 Å². The van der Waals surface area contributed by atoms with E-state index in [1.807, 2.05) is 6.92 Å². The topological polar surface area (TPSA) is 64.6 Å². The van der Waals surface area contributed by atoms with Crippen molar-refractivity contribution in [2.45, 2.75) is 13.3 Å². The monoisotopic (exact) mass is 329 g/mol. The van der Waals surface area contributed by atoms with Gasteiger partial charge in [-0.15, -0.1) is 0 Å². The zero-order valence-electron chi connectivity index (χ0n) is 10.9. The predicted octanol–water partition coefficient (Wildman–Crippen LogP) is 2.14. The molecule has 1 aromatic carbocycles. The number of amides is 1. The van der Waals surface area contributed by atoms with Gasteiger partial charge in [0, 0.05) is 6.54 Å². The highest BCUT2D eigenvalue weighted by atomic mass is 79.9. The molecule has 104 valence electrons. The van der Waals surface area contributed by atoms with Crippen molar-refractivity contribution in [2.75, 3.05) is 20.3 Å². The van der Waals surface area contributed by atoms with Crippen LogP contribution < -0.4 is 10.1 Å². The Balaban J connectivity index is 2.54. The van der Waals surface area contributed by atoms with E-state index in [-0.39, 0.29) is 12.5 Å². The fraction of sp³-hybridized carbons (Fsp3) is 0.385. The number of nitrogens with one attached hydrogen (secondary N) is 1. The van der Waals surface area contributed by atoms with Gasteiger partial charge in [0.05, 0.1) is 17.1 Å². The Morgan fingerprint density at radius 2 is 2.11 bits per heavy atom.